The van der Waals surface area contributed by atoms with Gasteiger partial charge in [0.2, 0.25) is 0 Å². The van der Waals surface area contributed by atoms with Crippen molar-refractivity contribution in [1.29, 1.82) is 0 Å². The smallest absolute Gasteiger partial charge is 0.306 e. The Morgan fingerprint density at radius 3 is 0.865 bits per heavy atom. The summed E-state index contributed by atoms with van der Waals surface area (Å²) in [6.45, 7) is 3.88. The van der Waals surface area contributed by atoms with Gasteiger partial charge < -0.3 is 71.4 Å². The highest BCUT2D eigenvalue weighted by Gasteiger charge is 2.40. The van der Waals surface area contributed by atoms with Crippen LogP contribution in [0, 0.1) is 21.7 Å². The van der Waals surface area contributed by atoms with Crippen LogP contribution in [0.2, 0.25) is 0 Å². The molecule has 0 amide bonds. The predicted octanol–water partition coefficient (Wildman–Crippen LogP) is 1.22. The summed E-state index contributed by atoms with van der Waals surface area (Å²) in [5.74, 6) is -1.71. The number of ether oxygens (including phenoxy) is 14. The first-order valence-electron chi connectivity index (χ1n) is 17.1. The van der Waals surface area contributed by atoms with Crippen molar-refractivity contribution in [3.63, 3.8) is 0 Å². The molecule has 0 radical (unpaired) electrons. The van der Waals surface area contributed by atoms with Crippen LogP contribution in [0.15, 0.2) is 0 Å². The second-order valence-electron chi connectivity index (χ2n) is 13.5. The monoisotopic (exact) mass is 760 g/mol. The van der Waals surface area contributed by atoms with Crippen molar-refractivity contribution in [2.24, 2.45) is 21.7 Å². The molecule has 0 aromatic carbocycles. The lowest BCUT2D eigenvalue weighted by Gasteiger charge is -2.39. The van der Waals surface area contributed by atoms with Crippen LogP contribution in [0.4, 0.5) is 0 Å². The molecule has 0 unspecified atom stereocenters. The highest BCUT2D eigenvalue weighted by Crippen LogP contribution is 2.28. The van der Waals surface area contributed by atoms with E-state index in [9.17, 15) is 9.59 Å². The van der Waals surface area contributed by atoms with Crippen LogP contribution in [0.5, 0.6) is 0 Å². The minimum Gasteiger partial charge on any atom is -0.481 e. The molecule has 0 spiro atoms. The number of carbonyl (C=O) groups excluding carboxylic acids is 1. The van der Waals surface area contributed by atoms with E-state index < -0.39 is 33.6 Å². The topological polar surface area (TPSA) is 184 Å². The third-order valence-electron chi connectivity index (χ3n) is 7.95. The normalized spacial score (nSPS) is 12.8. The molecule has 0 atom stereocenters. The van der Waals surface area contributed by atoms with Gasteiger partial charge in [-0.2, -0.15) is 0 Å². The van der Waals surface area contributed by atoms with E-state index in [0.717, 1.165) is 0 Å². The zero-order valence-corrected chi connectivity index (χ0v) is 33.1. The SMILES string of the molecule is COCC(COC)(COC)COCC(COCCOC(=O)CCC(=O)O)(COCC(COC)(COC)COC)COCC(COC)(COC)COC. The molecule has 0 heterocycles. The number of carboxylic acid groups (broad SMARTS) is 1. The van der Waals surface area contributed by atoms with Gasteiger partial charge in [-0.15, -0.1) is 0 Å². The lowest BCUT2D eigenvalue weighted by Crippen LogP contribution is -2.48. The Morgan fingerprint density at radius 1 is 0.365 bits per heavy atom. The Balaban J connectivity index is 6.48. The van der Waals surface area contributed by atoms with Crippen molar-refractivity contribution >= 4 is 11.9 Å². The van der Waals surface area contributed by atoms with Crippen LogP contribution in [0.25, 0.3) is 0 Å². The highest BCUT2D eigenvalue weighted by molar-refractivity contribution is 5.76. The van der Waals surface area contributed by atoms with Crippen LogP contribution in [-0.2, 0) is 75.9 Å². The van der Waals surface area contributed by atoms with Gasteiger partial charge in [0.15, 0.2) is 0 Å². The fourth-order valence-electron chi connectivity index (χ4n) is 5.99. The molecule has 0 saturated heterocycles. The number of esters is 1. The van der Waals surface area contributed by atoms with Gasteiger partial charge in [-0.25, -0.2) is 0 Å². The Morgan fingerprint density at radius 2 is 0.615 bits per heavy atom. The molecule has 0 bridgehead atoms. The molecule has 17 nitrogen and oxygen atoms in total. The van der Waals surface area contributed by atoms with Gasteiger partial charge in [-0.3, -0.25) is 9.59 Å². The Kier molecular flexibility index (Phi) is 28.8. The summed E-state index contributed by atoms with van der Waals surface area (Å²) in [5, 5.41) is 8.86. The summed E-state index contributed by atoms with van der Waals surface area (Å²) < 4.78 is 80.3. The molecule has 0 rings (SSSR count). The standard InChI is InChI=1S/C35H68O17/c1-39-14-32(15-40-2,16-41-3)24-49-27-35(23-48-12-13-52-31(38)11-10-30(36)37,28-50-25-33(17-42-4,18-43-5)19-44-6)29-51-26-34(20-45-7,21-46-8)22-47-9/h10-29H2,1-9H3,(H,36,37). The second kappa shape index (κ2) is 29.7. The third kappa shape index (κ3) is 20.8. The average Bonchev–Trinajstić information content (AvgIpc) is 3.08. The van der Waals surface area contributed by atoms with E-state index in [1.165, 1.54) is 0 Å². The van der Waals surface area contributed by atoms with E-state index in [-0.39, 0.29) is 72.3 Å². The van der Waals surface area contributed by atoms with Crippen molar-refractivity contribution in [3.05, 3.63) is 0 Å². The van der Waals surface area contributed by atoms with E-state index in [4.69, 9.17) is 71.4 Å². The summed E-state index contributed by atoms with van der Waals surface area (Å²) in [5.41, 5.74) is -2.73. The number of carbonyl (C=O) groups is 2. The molecular formula is C35H68O17. The van der Waals surface area contributed by atoms with Gasteiger partial charge in [0.05, 0.1) is 147 Å². The van der Waals surface area contributed by atoms with Gasteiger partial charge in [-0.05, 0) is 0 Å². The summed E-state index contributed by atoms with van der Waals surface area (Å²) in [6, 6.07) is 0. The first-order valence-corrected chi connectivity index (χ1v) is 17.1. The van der Waals surface area contributed by atoms with Crippen LogP contribution >= 0.6 is 0 Å². The van der Waals surface area contributed by atoms with Crippen LogP contribution in [0.1, 0.15) is 12.8 Å². The lowest BCUT2D eigenvalue weighted by atomic mass is 9.89. The minimum absolute atomic E-state index is 0.0312. The molecule has 0 aromatic rings. The van der Waals surface area contributed by atoms with Gasteiger partial charge in [0.1, 0.15) is 6.61 Å². The zero-order chi connectivity index (χ0) is 39.2. The number of methoxy groups -OCH3 is 9. The van der Waals surface area contributed by atoms with Gasteiger partial charge >= 0.3 is 11.9 Å². The first-order chi connectivity index (χ1) is 25.0. The maximum Gasteiger partial charge on any atom is 0.306 e. The van der Waals surface area contributed by atoms with Crippen molar-refractivity contribution in [1.82, 2.24) is 0 Å². The van der Waals surface area contributed by atoms with Crippen LogP contribution < -0.4 is 0 Å². The second-order valence-corrected chi connectivity index (χ2v) is 13.5. The average molecular weight is 761 g/mol. The molecule has 0 aliphatic rings. The molecule has 0 aliphatic carbocycles. The maximum atomic E-state index is 12.0. The number of hydrogen-bond acceptors (Lipinski definition) is 16. The molecule has 0 saturated carbocycles. The van der Waals surface area contributed by atoms with Crippen molar-refractivity contribution in [2.45, 2.75) is 12.8 Å². The number of carboxylic acids is 1. The molecule has 0 fully saturated rings. The maximum absolute atomic E-state index is 12.0. The van der Waals surface area contributed by atoms with Crippen molar-refractivity contribution < 1.29 is 81.0 Å². The molecular weight excluding hydrogens is 692 g/mol. The van der Waals surface area contributed by atoms with E-state index >= 15 is 0 Å². The van der Waals surface area contributed by atoms with E-state index in [2.05, 4.69) is 0 Å². The predicted molar refractivity (Wildman–Crippen MR) is 188 cm³/mol. The summed E-state index contributed by atoms with van der Waals surface area (Å²) in [7, 11) is 14.4. The molecule has 310 valence electrons. The fraction of sp³-hybridized carbons (Fsp3) is 0.943. The summed E-state index contributed by atoms with van der Waals surface area (Å²) >= 11 is 0. The molecule has 0 aliphatic heterocycles. The molecule has 1 N–H and O–H groups in total. The van der Waals surface area contributed by atoms with Gasteiger partial charge in [0.25, 0.3) is 0 Å². The number of aliphatic carboxylic acids is 1. The van der Waals surface area contributed by atoms with Gasteiger partial charge in [-0.1, -0.05) is 0 Å². The quantitative estimate of drug-likeness (QED) is 0.0700. The van der Waals surface area contributed by atoms with Crippen molar-refractivity contribution in [2.75, 3.05) is 183 Å². The summed E-state index contributed by atoms with van der Waals surface area (Å²) in [6.07, 6.45) is -0.557. The van der Waals surface area contributed by atoms with E-state index in [1.807, 2.05) is 0 Å². The lowest BCUT2D eigenvalue weighted by molar-refractivity contribution is -0.163. The largest absolute Gasteiger partial charge is 0.481 e. The van der Waals surface area contributed by atoms with Gasteiger partial charge in [0, 0.05) is 64.0 Å². The highest BCUT2D eigenvalue weighted by atomic mass is 16.6. The Hall–Kier alpha value is -1.58. The van der Waals surface area contributed by atoms with Crippen LogP contribution in [0.3, 0.4) is 0 Å². The van der Waals surface area contributed by atoms with E-state index in [1.54, 1.807) is 64.0 Å². The van der Waals surface area contributed by atoms with Crippen molar-refractivity contribution in [3.8, 4) is 0 Å². The number of rotatable bonds is 38. The summed E-state index contributed by atoms with van der Waals surface area (Å²) in [4.78, 5) is 22.8. The fourth-order valence-corrected chi connectivity index (χ4v) is 5.99. The number of hydrogen-bond donors (Lipinski definition) is 1. The minimum atomic E-state index is -1.08. The molecule has 17 heteroatoms. The Labute approximate surface area is 310 Å². The first kappa shape index (κ1) is 50.4. The zero-order valence-electron chi connectivity index (χ0n) is 33.1. The molecule has 0 aromatic heterocycles. The molecule has 52 heavy (non-hydrogen) atoms. The van der Waals surface area contributed by atoms with E-state index in [0.29, 0.717) is 59.5 Å². The van der Waals surface area contributed by atoms with Crippen LogP contribution in [-0.4, -0.2) is 200 Å². The Bertz CT molecular complexity index is 760. The third-order valence-corrected chi connectivity index (χ3v) is 7.95.